The summed E-state index contributed by atoms with van der Waals surface area (Å²) in [5.74, 6) is -0.718. The third kappa shape index (κ3) is 5.59. The van der Waals surface area contributed by atoms with Gasteiger partial charge in [0.2, 0.25) is 5.91 Å². The average Bonchev–Trinajstić information content (AvgIpc) is 2.26. The van der Waals surface area contributed by atoms with Crippen LogP contribution in [0.5, 0.6) is 5.75 Å². The van der Waals surface area contributed by atoms with Gasteiger partial charge < -0.3 is 10.1 Å². The number of benzene rings is 1. The average molecular weight is 311 g/mol. The molecule has 0 aliphatic heterocycles. The summed E-state index contributed by atoms with van der Waals surface area (Å²) < 4.78 is 35.9. The second-order valence-corrected chi connectivity index (χ2v) is 5.19. The van der Waals surface area contributed by atoms with Gasteiger partial charge in [0.05, 0.1) is 24.1 Å². The van der Waals surface area contributed by atoms with Crippen LogP contribution in [0.25, 0.3) is 0 Å². The molecule has 1 aromatic carbocycles. The zero-order valence-corrected chi connectivity index (χ0v) is 11.2. The van der Waals surface area contributed by atoms with Gasteiger partial charge in [-0.1, -0.05) is 0 Å². The number of carbonyl (C=O) groups is 2. The number of nitrogens with one attached hydrogen (secondary N) is 1. The van der Waals surface area contributed by atoms with Crippen molar-refractivity contribution in [2.75, 3.05) is 12.4 Å². The molecule has 1 rings (SSSR count). The number of amides is 1. The number of hydrogen-bond donors (Lipinski definition) is 2. The van der Waals surface area contributed by atoms with E-state index >= 15 is 0 Å². The molecule has 0 radical (unpaired) electrons. The molecule has 0 fully saturated rings. The number of ketones is 1. The van der Waals surface area contributed by atoms with Crippen LogP contribution in [0.3, 0.4) is 0 Å². The Morgan fingerprint density at radius 3 is 2.40 bits per heavy atom. The summed E-state index contributed by atoms with van der Waals surface area (Å²) >= 11 is 0. The summed E-state index contributed by atoms with van der Waals surface area (Å²) in [6.45, 7) is 1.26. The van der Waals surface area contributed by atoms with E-state index in [4.69, 9.17) is 9.29 Å². The Labute approximate surface area is 138 Å². The number of Topliss-reactive ketones (excluding diaryl/α,β-unsaturated/α-hetero) is 1. The molecule has 0 saturated heterocycles. The van der Waals surface area contributed by atoms with Gasteiger partial charge in [-0.05, 0) is 25.1 Å². The van der Waals surface area contributed by atoms with Gasteiger partial charge in [-0.25, -0.2) is 0 Å². The van der Waals surface area contributed by atoms with Crippen LogP contribution in [-0.4, -0.2) is 61.3 Å². The predicted octanol–water partition coefficient (Wildman–Crippen LogP) is 0.211. The van der Waals surface area contributed by atoms with E-state index in [1.807, 2.05) is 0 Å². The van der Waals surface area contributed by atoms with E-state index in [1.165, 1.54) is 20.1 Å². The number of methoxy groups -OCH3 is 1. The number of rotatable bonds is 5. The Hall–Kier alpha value is -0.930. The first-order chi connectivity index (χ1) is 8.74. The third-order valence-electron chi connectivity index (χ3n) is 2.15. The number of carbonyl (C=O) groups excluding carboxylic acids is 2. The zero-order valence-electron chi connectivity index (χ0n) is 10.3. The molecule has 0 bridgehead atoms. The van der Waals surface area contributed by atoms with E-state index in [9.17, 15) is 18.0 Å². The maximum absolute atomic E-state index is 11.5. The van der Waals surface area contributed by atoms with Crippen molar-refractivity contribution in [1.82, 2.24) is 0 Å². The van der Waals surface area contributed by atoms with Crippen LogP contribution >= 0.6 is 0 Å². The van der Waals surface area contributed by atoms with E-state index in [0.29, 0.717) is 0 Å². The summed E-state index contributed by atoms with van der Waals surface area (Å²) in [7, 11) is -3.05. The van der Waals surface area contributed by atoms with E-state index < -0.39 is 16.0 Å². The molecule has 0 aromatic heterocycles. The first-order valence-corrected chi connectivity index (χ1v) is 6.63. The maximum atomic E-state index is 11.5. The van der Waals surface area contributed by atoms with E-state index in [1.54, 1.807) is 0 Å². The molecule has 0 spiro atoms. The molecule has 2 N–H and O–H groups in total. The van der Waals surface area contributed by atoms with Gasteiger partial charge in [-0.3, -0.25) is 14.1 Å². The van der Waals surface area contributed by atoms with Crippen LogP contribution in [0.15, 0.2) is 23.1 Å². The molecular weight excluding hydrogens is 297 g/mol. The topological polar surface area (TPSA) is 110 Å². The van der Waals surface area contributed by atoms with E-state index in [2.05, 4.69) is 5.32 Å². The summed E-state index contributed by atoms with van der Waals surface area (Å²) in [6.07, 6.45) is -0.334. The van der Waals surface area contributed by atoms with Crippen molar-refractivity contribution < 1.29 is 27.3 Å². The van der Waals surface area contributed by atoms with Gasteiger partial charge in [-0.2, -0.15) is 8.42 Å². The molecule has 1 aromatic rings. The Morgan fingerprint density at radius 2 is 1.95 bits per heavy atom. The van der Waals surface area contributed by atoms with Gasteiger partial charge in [0.1, 0.15) is 11.5 Å². The Kier molecular flexibility index (Phi) is 7.39. The van der Waals surface area contributed by atoms with Crippen LogP contribution in [-0.2, 0) is 19.7 Å². The molecule has 0 atom stereocenters. The van der Waals surface area contributed by atoms with Crippen LogP contribution in [0, 0.1) is 0 Å². The van der Waals surface area contributed by atoms with Crippen LogP contribution in [0.4, 0.5) is 5.69 Å². The monoisotopic (exact) mass is 311 g/mol. The fourth-order valence-corrected chi connectivity index (χ4v) is 1.87. The standard InChI is InChI=1S/C11H13NO6S.Na.H/c1-7(13)5-11(14)12-9-6-8(19(15,16)17)3-4-10(9)18-2;;/h3-4,6H,5H2,1-2H3,(H,12,14)(H,15,16,17);;. The molecule has 1 amide bonds. The summed E-state index contributed by atoms with van der Waals surface area (Å²) in [5, 5.41) is 2.34. The van der Waals surface area contributed by atoms with E-state index in [-0.39, 0.29) is 58.1 Å². The number of ether oxygens (including phenoxy) is 1. The van der Waals surface area contributed by atoms with Gasteiger partial charge in [-0.15, -0.1) is 0 Å². The molecule has 20 heavy (non-hydrogen) atoms. The Morgan fingerprint density at radius 1 is 1.35 bits per heavy atom. The summed E-state index contributed by atoms with van der Waals surface area (Å²) in [5.41, 5.74) is 0.0591. The SMILES string of the molecule is COc1ccc(S(=O)(=O)O)cc1NC(=O)CC(C)=O.[NaH]. The third-order valence-corrected chi connectivity index (χ3v) is 3.00. The van der Waals surface area contributed by atoms with Crippen molar-refractivity contribution in [3.05, 3.63) is 18.2 Å². The van der Waals surface area contributed by atoms with Gasteiger partial charge in [0.25, 0.3) is 10.1 Å². The minimum absolute atomic E-state index is 0. The molecule has 106 valence electrons. The minimum atomic E-state index is -4.38. The number of hydrogen-bond acceptors (Lipinski definition) is 5. The van der Waals surface area contributed by atoms with Crippen molar-refractivity contribution >= 4 is 57.1 Å². The van der Waals surface area contributed by atoms with Crippen molar-refractivity contribution in [3.8, 4) is 5.75 Å². The second kappa shape index (κ2) is 7.75. The zero-order chi connectivity index (χ0) is 14.6. The quantitative estimate of drug-likeness (QED) is 0.457. The molecule has 0 heterocycles. The molecule has 0 aliphatic carbocycles. The predicted molar refractivity (Wildman–Crippen MR) is 73.9 cm³/mol. The van der Waals surface area contributed by atoms with Crippen LogP contribution < -0.4 is 10.1 Å². The Bertz CT molecular complexity index is 613. The summed E-state index contributed by atoms with van der Waals surface area (Å²) in [6, 6.07) is 3.47. The molecule has 0 unspecified atom stereocenters. The fraction of sp³-hybridized carbons (Fsp3) is 0.273. The van der Waals surface area contributed by atoms with Gasteiger partial charge >= 0.3 is 29.6 Å². The first-order valence-electron chi connectivity index (χ1n) is 5.19. The van der Waals surface area contributed by atoms with E-state index in [0.717, 1.165) is 12.1 Å². The second-order valence-electron chi connectivity index (χ2n) is 3.76. The first kappa shape index (κ1) is 19.1. The Balaban J connectivity index is 0.00000361. The molecule has 0 aliphatic rings. The number of anilines is 1. The van der Waals surface area contributed by atoms with Crippen molar-refractivity contribution in [2.24, 2.45) is 0 Å². The molecule has 0 saturated carbocycles. The molecule has 9 heteroatoms. The van der Waals surface area contributed by atoms with Crippen LogP contribution in [0.2, 0.25) is 0 Å². The van der Waals surface area contributed by atoms with Gasteiger partial charge in [0.15, 0.2) is 0 Å². The van der Waals surface area contributed by atoms with Crippen molar-refractivity contribution in [2.45, 2.75) is 18.2 Å². The molecular formula is C11H14NNaO6S. The normalized spacial score (nSPS) is 10.3. The van der Waals surface area contributed by atoms with Gasteiger partial charge in [0, 0.05) is 0 Å². The van der Waals surface area contributed by atoms with Crippen LogP contribution in [0.1, 0.15) is 13.3 Å². The fourth-order valence-electron chi connectivity index (χ4n) is 1.37. The summed E-state index contributed by atoms with van der Waals surface area (Å²) in [4.78, 5) is 21.9. The van der Waals surface area contributed by atoms with Crippen molar-refractivity contribution in [1.29, 1.82) is 0 Å². The molecule has 7 nitrogen and oxygen atoms in total. The van der Waals surface area contributed by atoms with Crippen molar-refractivity contribution in [3.63, 3.8) is 0 Å².